The van der Waals surface area contributed by atoms with Crippen LogP contribution in [0.4, 0.5) is 0 Å². The maximum atomic E-state index is 12.3. The van der Waals surface area contributed by atoms with E-state index in [1.807, 2.05) is 38.1 Å². The highest BCUT2D eigenvalue weighted by molar-refractivity contribution is 5.79. The number of rotatable bonds is 6. The van der Waals surface area contributed by atoms with E-state index in [1.54, 1.807) is 0 Å². The Morgan fingerprint density at radius 1 is 1.17 bits per heavy atom. The molecule has 0 aliphatic heterocycles. The number of para-hydroxylation sites is 1. The summed E-state index contributed by atoms with van der Waals surface area (Å²) in [5, 5.41) is 12.0. The van der Waals surface area contributed by atoms with E-state index in [1.165, 1.54) is 0 Å². The Morgan fingerprint density at radius 2 is 1.78 bits per heavy atom. The Balaban J connectivity index is 1.87. The minimum absolute atomic E-state index is 0.00758. The van der Waals surface area contributed by atoms with Crippen LogP contribution >= 0.6 is 0 Å². The number of benzene rings is 1. The van der Waals surface area contributed by atoms with Crippen molar-refractivity contribution < 1.29 is 19.4 Å². The number of carbonyl (C=O) groups is 2. The smallest absolute Gasteiger partial charge is 0.306 e. The molecule has 5 heteroatoms. The van der Waals surface area contributed by atoms with Crippen molar-refractivity contribution in [3.63, 3.8) is 0 Å². The largest absolute Gasteiger partial charge is 0.491 e. The Morgan fingerprint density at radius 3 is 2.39 bits per heavy atom. The van der Waals surface area contributed by atoms with Gasteiger partial charge in [-0.05, 0) is 45.6 Å². The molecule has 126 valence electrons. The number of ether oxygens (including phenoxy) is 1. The van der Waals surface area contributed by atoms with Gasteiger partial charge in [-0.3, -0.25) is 9.59 Å². The van der Waals surface area contributed by atoms with Gasteiger partial charge in [0.25, 0.3) is 0 Å². The zero-order valence-corrected chi connectivity index (χ0v) is 13.7. The lowest BCUT2D eigenvalue weighted by Gasteiger charge is -2.25. The van der Waals surface area contributed by atoms with Gasteiger partial charge >= 0.3 is 5.97 Å². The van der Waals surface area contributed by atoms with Crippen LogP contribution in [0.15, 0.2) is 24.3 Å². The van der Waals surface area contributed by atoms with Gasteiger partial charge in [0, 0.05) is 18.0 Å². The maximum Gasteiger partial charge on any atom is 0.306 e. The molecule has 0 aromatic heterocycles. The molecule has 1 saturated carbocycles. The summed E-state index contributed by atoms with van der Waals surface area (Å²) in [6.07, 6.45) is 2.54. The average Bonchev–Trinajstić information content (AvgIpc) is 2.53. The van der Waals surface area contributed by atoms with Crippen molar-refractivity contribution in [1.29, 1.82) is 0 Å². The Hall–Kier alpha value is -2.04. The molecule has 2 rings (SSSR count). The number of carbonyl (C=O) groups excluding carboxylic acids is 1. The van der Waals surface area contributed by atoms with Gasteiger partial charge in [0.2, 0.25) is 5.91 Å². The zero-order valence-electron chi connectivity index (χ0n) is 13.7. The quantitative estimate of drug-likeness (QED) is 0.845. The first kappa shape index (κ1) is 17.3. The fraction of sp³-hybridized carbons (Fsp3) is 0.556. The van der Waals surface area contributed by atoms with Crippen LogP contribution < -0.4 is 10.1 Å². The van der Waals surface area contributed by atoms with E-state index in [0.29, 0.717) is 32.2 Å². The third kappa shape index (κ3) is 4.98. The molecule has 0 spiro atoms. The van der Waals surface area contributed by atoms with Gasteiger partial charge in [0.15, 0.2) is 0 Å². The van der Waals surface area contributed by atoms with Gasteiger partial charge in [-0.2, -0.15) is 0 Å². The summed E-state index contributed by atoms with van der Waals surface area (Å²) in [6, 6.07) is 7.68. The Kier molecular flexibility index (Phi) is 6.02. The lowest BCUT2D eigenvalue weighted by molar-refractivity contribution is -0.144. The number of hydrogen-bond donors (Lipinski definition) is 2. The predicted octanol–water partition coefficient (Wildman–Crippen LogP) is 2.98. The van der Waals surface area contributed by atoms with Crippen LogP contribution in [0, 0.1) is 11.8 Å². The van der Waals surface area contributed by atoms with Crippen LogP contribution in [0.2, 0.25) is 0 Å². The van der Waals surface area contributed by atoms with Crippen LogP contribution in [0.1, 0.15) is 45.1 Å². The van der Waals surface area contributed by atoms with Crippen molar-refractivity contribution in [1.82, 2.24) is 5.32 Å². The lowest BCUT2D eigenvalue weighted by atomic mass is 9.81. The molecule has 1 amide bonds. The van der Waals surface area contributed by atoms with E-state index in [0.717, 1.165) is 11.3 Å². The first-order valence-electron chi connectivity index (χ1n) is 8.22. The molecule has 0 unspecified atom stereocenters. The highest BCUT2D eigenvalue weighted by Crippen LogP contribution is 2.29. The number of hydrogen-bond acceptors (Lipinski definition) is 3. The van der Waals surface area contributed by atoms with Crippen molar-refractivity contribution in [3.05, 3.63) is 29.8 Å². The Bertz CT molecular complexity index is 548. The first-order chi connectivity index (χ1) is 11.0. The van der Waals surface area contributed by atoms with E-state index < -0.39 is 5.97 Å². The average molecular weight is 319 g/mol. The van der Waals surface area contributed by atoms with Gasteiger partial charge in [0.05, 0.1) is 12.0 Å². The van der Waals surface area contributed by atoms with Crippen LogP contribution in [0.3, 0.4) is 0 Å². The van der Waals surface area contributed by atoms with Crippen molar-refractivity contribution in [2.45, 2.75) is 52.2 Å². The molecule has 0 radical (unpaired) electrons. The van der Waals surface area contributed by atoms with Crippen LogP contribution in [0.5, 0.6) is 5.75 Å². The monoisotopic (exact) mass is 319 g/mol. The fourth-order valence-electron chi connectivity index (χ4n) is 2.95. The zero-order chi connectivity index (χ0) is 16.8. The molecule has 1 aliphatic carbocycles. The van der Waals surface area contributed by atoms with Crippen molar-refractivity contribution >= 4 is 11.9 Å². The van der Waals surface area contributed by atoms with Crippen LogP contribution in [0.25, 0.3) is 0 Å². The number of amides is 1. The number of aliphatic carboxylic acids is 1. The first-order valence-corrected chi connectivity index (χ1v) is 8.22. The molecule has 0 saturated heterocycles. The molecule has 1 fully saturated rings. The van der Waals surface area contributed by atoms with Crippen molar-refractivity contribution in [2.24, 2.45) is 11.8 Å². The van der Waals surface area contributed by atoms with Crippen LogP contribution in [-0.4, -0.2) is 23.1 Å². The highest BCUT2D eigenvalue weighted by Gasteiger charge is 2.29. The van der Waals surface area contributed by atoms with E-state index in [2.05, 4.69) is 5.32 Å². The van der Waals surface area contributed by atoms with E-state index >= 15 is 0 Å². The Labute approximate surface area is 137 Å². The fourth-order valence-corrected chi connectivity index (χ4v) is 2.95. The molecule has 2 N–H and O–H groups in total. The molecule has 0 atom stereocenters. The minimum Gasteiger partial charge on any atom is -0.491 e. The molecule has 1 aliphatic rings. The summed E-state index contributed by atoms with van der Waals surface area (Å²) >= 11 is 0. The summed E-state index contributed by atoms with van der Waals surface area (Å²) in [5.41, 5.74) is 0.953. The van der Waals surface area contributed by atoms with E-state index in [9.17, 15) is 9.59 Å². The van der Waals surface area contributed by atoms with Crippen molar-refractivity contribution in [2.75, 3.05) is 0 Å². The van der Waals surface area contributed by atoms with Crippen molar-refractivity contribution in [3.8, 4) is 5.75 Å². The third-order valence-electron chi connectivity index (χ3n) is 4.24. The van der Waals surface area contributed by atoms with Gasteiger partial charge in [0.1, 0.15) is 5.75 Å². The third-order valence-corrected chi connectivity index (χ3v) is 4.24. The summed E-state index contributed by atoms with van der Waals surface area (Å²) < 4.78 is 5.75. The molecule has 23 heavy (non-hydrogen) atoms. The van der Waals surface area contributed by atoms with E-state index in [4.69, 9.17) is 9.84 Å². The standard InChI is InChI=1S/C18H25NO4/c1-12(2)23-16-6-4-3-5-15(16)11-19-17(20)13-7-9-14(10-8-13)18(21)22/h3-6,12-14H,7-11H2,1-2H3,(H,19,20)(H,21,22). The second-order valence-electron chi connectivity index (χ2n) is 6.38. The molecule has 0 bridgehead atoms. The van der Waals surface area contributed by atoms with E-state index in [-0.39, 0.29) is 23.8 Å². The number of carboxylic acid groups (broad SMARTS) is 1. The van der Waals surface area contributed by atoms with Crippen LogP contribution in [-0.2, 0) is 16.1 Å². The summed E-state index contributed by atoms with van der Waals surface area (Å²) in [5.74, 6) is -0.322. The number of nitrogens with one attached hydrogen (secondary N) is 1. The molecular weight excluding hydrogens is 294 g/mol. The second-order valence-corrected chi connectivity index (χ2v) is 6.38. The SMILES string of the molecule is CC(C)Oc1ccccc1CNC(=O)C1CCC(C(=O)O)CC1. The van der Waals surface area contributed by atoms with Gasteiger partial charge in [-0.15, -0.1) is 0 Å². The summed E-state index contributed by atoms with van der Waals surface area (Å²) in [7, 11) is 0. The summed E-state index contributed by atoms with van der Waals surface area (Å²) in [6.45, 7) is 4.37. The van der Waals surface area contributed by atoms with Gasteiger partial charge in [-0.25, -0.2) is 0 Å². The van der Waals surface area contributed by atoms with Gasteiger partial charge < -0.3 is 15.2 Å². The molecule has 0 heterocycles. The molecule has 1 aromatic carbocycles. The lowest BCUT2D eigenvalue weighted by Crippen LogP contribution is -2.34. The maximum absolute atomic E-state index is 12.3. The topological polar surface area (TPSA) is 75.6 Å². The molecule has 5 nitrogen and oxygen atoms in total. The molecule has 1 aromatic rings. The molecular formula is C18H25NO4. The second kappa shape index (κ2) is 7.99. The predicted molar refractivity (Wildman–Crippen MR) is 87.1 cm³/mol. The minimum atomic E-state index is -0.747. The normalized spacial score (nSPS) is 21.0. The van der Waals surface area contributed by atoms with Gasteiger partial charge in [-0.1, -0.05) is 18.2 Å². The number of carboxylic acids is 1. The summed E-state index contributed by atoms with van der Waals surface area (Å²) in [4.78, 5) is 23.2. The highest BCUT2D eigenvalue weighted by atomic mass is 16.5.